The van der Waals surface area contributed by atoms with Crippen molar-refractivity contribution in [2.24, 2.45) is 11.8 Å². The number of sulfonamides is 1. The monoisotopic (exact) mass is 496 g/mol. The molecule has 1 aliphatic heterocycles. The first-order valence-electron chi connectivity index (χ1n) is 11.2. The highest BCUT2D eigenvalue weighted by atomic mass is 35.5. The molecule has 1 aromatic heterocycles. The molecule has 9 heteroatoms. The predicted octanol–water partition coefficient (Wildman–Crippen LogP) is 3.07. The average molecular weight is 497 g/mol. The maximum absolute atomic E-state index is 13.4. The molecule has 3 atom stereocenters. The van der Waals surface area contributed by atoms with Crippen LogP contribution in [0.15, 0.2) is 78.0 Å². The van der Waals surface area contributed by atoms with Gasteiger partial charge < -0.3 is 10.6 Å². The van der Waals surface area contributed by atoms with Gasteiger partial charge in [0.1, 0.15) is 0 Å². The van der Waals surface area contributed by atoms with Gasteiger partial charge in [-0.1, -0.05) is 29.8 Å². The molecule has 3 aromatic rings. The van der Waals surface area contributed by atoms with Gasteiger partial charge in [-0.25, -0.2) is 8.42 Å². The number of nitrogens with one attached hydrogen (secondary N) is 2. The number of piperidine rings is 1. The van der Waals surface area contributed by atoms with Crippen molar-refractivity contribution < 1.29 is 13.2 Å². The lowest BCUT2D eigenvalue weighted by Gasteiger charge is -2.22. The molecule has 5 rings (SSSR count). The summed E-state index contributed by atoms with van der Waals surface area (Å²) >= 11 is 5.95. The molecular formula is C25H25ClN4O3S. The van der Waals surface area contributed by atoms with Crippen LogP contribution in [0.1, 0.15) is 21.5 Å². The Morgan fingerprint density at radius 1 is 1.00 bits per heavy atom. The molecule has 7 nitrogen and oxygen atoms in total. The molecule has 1 saturated carbocycles. The number of hydrogen-bond donors (Lipinski definition) is 2. The number of hydrogen-bond acceptors (Lipinski definition) is 5. The van der Waals surface area contributed by atoms with Gasteiger partial charge in [0.05, 0.1) is 4.90 Å². The van der Waals surface area contributed by atoms with Crippen LogP contribution < -0.4 is 10.6 Å². The molecule has 2 aromatic carbocycles. The summed E-state index contributed by atoms with van der Waals surface area (Å²) in [6.45, 7) is 2.24. The van der Waals surface area contributed by atoms with E-state index in [0.717, 1.165) is 24.2 Å². The molecule has 2 aliphatic rings. The third-order valence-corrected chi connectivity index (χ3v) is 8.56. The summed E-state index contributed by atoms with van der Waals surface area (Å²) in [5.74, 6) is 0.997. The number of benzene rings is 2. The maximum atomic E-state index is 13.4. The topological polar surface area (TPSA) is 91.4 Å². The van der Waals surface area contributed by atoms with Crippen molar-refractivity contribution in [1.82, 2.24) is 19.9 Å². The van der Waals surface area contributed by atoms with Crippen LogP contribution in [-0.2, 0) is 23.1 Å². The zero-order valence-electron chi connectivity index (χ0n) is 18.4. The Morgan fingerprint density at radius 2 is 1.68 bits per heavy atom. The summed E-state index contributed by atoms with van der Waals surface area (Å²) < 4.78 is 28.3. The lowest BCUT2D eigenvalue weighted by atomic mass is 10.1. The molecule has 1 unspecified atom stereocenters. The van der Waals surface area contributed by atoms with Crippen LogP contribution in [0, 0.1) is 11.8 Å². The Labute approximate surface area is 204 Å². The third-order valence-electron chi connectivity index (χ3n) is 6.50. The first kappa shape index (κ1) is 23.0. The van der Waals surface area contributed by atoms with Crippen LogP contribution in [-0.4, -0.2) is 42.7 Å². The number of fused-ring (bicyclic) bond motifs is 1. The standard InChI is InChI=1S/C25H25ClN4O3S/c26-20-7-9-21(10-8-20)34(32,33)30(16-18-2-1-11-27-12-18)15-17-3-5-19(6-4-17)25(31)29-24-22-13-28-14-23(22)24/h1-12,22-24,28H,13-16H2,(H,29,31)/t22-,23+,24?. The zero-order chi connectivity index (χ0) is 23.7. The normalized spacial score (nSPS) is 21.3. The molecule has 1 amide bonds. The van der Waals surface area contributed by atoms with Crippen LogP contribution in [0.4, 0.5) is 0 Å². The van der Waals surface area contributed by atoms with Crippen molar-refractivity contribution in [3.05, 3.63) is 94.8 Å². The number of nitrogens with zero attached hydrogens (tertiary/aromatic N) is 2. The van der Waals surface area contributed by atoms with E-state index < -0.39 is 10.0 Å². The number of aromatic nitrogens is 1. The van der Waals surface area contributed by atoms with Gasteiger partial charge >= 0.3 is 0 Å². The second kappa shape index (κ2) is 9.46. The van der Waals surface area contributed by atoms with Gasteiger partial charge in [0, 0.05) is 55.2 Å². The predicted molar refractivity (Wildman–Crippen MR) is 130 cm³/mol. The van der Waals surface area contributed by atoms with Crippen molar-refractivity contribution >= 4 is 27.5 Å². The summed E-state index contributed by atoms with van der Waals surface area (Å²) in [6.07, 6.45) is 3.30. The average Bonchev–Trinajstić information content (AvgIpc) is 3.25. The lowest BCUT2D eigenvalue weighted by Crippen LogP contribution is -2.32. The lowest BCUT2D eigenvalue weighted by molar-refractivity contribution is 0.0946. The highest BCUT2D eigenvalue weighted by Gasteiger charge is 2.53. The second-order valence-corrected chi connectivity index (χ2v) is 11.1. The van der Waals surface area contributed by atoms with Crippen molar-refractivity contribution in [2.75, 3.05) is 13.1 Å². The molecule has 1 aliphatic carbocycles. The largest absolute Gasteiger partial charge is 0.349 e. The van der Waals surface area contributed by atoms with E-state index in [-0.39, 0.29) is 29.9 Å². The van der Waals surface area contributed by atoms with Gasteiger partial charge in [0.25, 0.3) is 5.91 Å². The van der Waals surface area contributed by atoms with Crippen LogP contribution in [0.2, 0.25) is 5.02 Å². The van der Waals surface area contributed by atoms with Crippen molar-refractivity contribution in [1.29, 1.82) is 0 Å². The van der Waals surface area contributed by atoms with E-state index >= 15 is 0 Å². The van der Waals surface area contributed by atoms with Gasteiger partial charge in [0.2, 0.25) is 10.0 Å². The van der Waals surface area contributed by atoms with Gasteiger partial charge in [-0.05, 0) is 65.4 Å². The minimum atomic E-state index is -3.80. The highest BCUT2D eigenvalue weighted by molar-refractivity contribution is 7.89. The quantitative estimate of drug-likeness (QED) is 0.500. The Bertz CT molecular complexity index is 1260. The molecule has 2 heterocycles. The number of halogens is 1. The molecule has 2 N–H and O–H groups in total. The van der Waals surface area contributed by atoms with Gasteiger partial charge in [0.15, 0.2) is 0 Å². The molecule has 176 valence electrons. The summed E-state index contributed by atoms with van der Waals surface area (Å²) in [4.78, 5) is 16.9. The summed E-state index contributed by atoms with van der Waals surface area (Å²) in [6, 6.07) is 17.1. The first-order chi connectivity index (χ1) is 16.4. The number of carbonyl (C=O) groups is 1. The smallest absolute Gasteiger partial charge is 0.251 e. The van der Waals surface area contributed by atoms with Crippen LogP contribution >= 0.6 is 11.6 Å². The summed E-state index contributed by atoms with van der Waals surface area (Å²) in [5, 5.41) is 6.90. The molecular weight excluding hydrogens is 472 g/mol. The number of carbonyl (C=O) groups excluding carboxylic acids is 1. The fourth-order valence-electron chi connectivity index (χ4n) is 4.51. The molecule has 34 heavy (non-hydrogen) atoms. The molecule has 0 bridgehead atoms. The SMILES string of the molecule is O=C(NC1[C@H]2CNC[C@@H]12)c1ccc(CN(Cc2cccnc2)S(=O)(=O)c2ccc(Cl)cc2)cc1. The number of pyridine rings is 1. The Kier molecular flexibility index (Phi) is 6.40. The maximum Gasteiger partial charge on any atom is 0.251 e. The fourth-order valence-corrected chi connectivity index (χ4v) is 6.05. The van der Waals surface area contributed by atoms with Crippen molar-refractivity contribution in [2.45, 2.75) is 24.0 Å². The Morgan fingerprint density at radius 3 is 2.32 bits per heavy atom. The molecule has 0 spiro atoms. The highest BCUT2D eigenvalue weighted by Crippen LogP contribution is 2.41. The fraction of sp³-hybridized carbons (Fsp3) is 0.280. The second-order valence-electron chi connectivity index (χ2n) is 8.77. The number of amides is 1. The van der Waals surface area contributed by atoms with E-state index in [1.807, 2.05) is 6.07 Å². The van der Waals surface area contributed by atoms with Crippen LogP contribution in [0.3, 0.4) is 0 Å². The van der Waals surface area contributed by atoms with E-state index in [1.165, 1.54) is 16.4 Å². The zero-order valence-corrected chi connectivity index (χ0v) is 20.0. The minimum absolute atomic E-state index is 0.0908. The number of rotatable bonds is 8. The minimum Gasteiger partial charge on any atom is -0.349 e. The Balaban J connectivity index is 1.33. The van der Waals surface area contributed by atoms with E-state index in [4.69, 9.17) is 11.6 Å². The van der Waals surface area contributed by atoms with Gasteiger partial charge in [-0.2, -0.15) is 4.31 Å². The van der Waals surface area contributed by atoms with Crippen LogP contribution in [0.25, 0.3) is 0 Å². The summed E-state index contributed by atoms with van der Waals surface area (Å²) in [5.41, 5.74) is 2.13. The van der Waals surface area contributed by atoms with Crippen LogP contribution in [0.5, 0.6) is 0 Å². The summed E-state index contributed by atoms with van der Waals surface area (Å²) in [7, 11) is -3.80. The van der Waals surface area contributed by atoms with E-state index in [1.54, 1.807) is 54.9 Å². The molecule has 0 radical (unpaired) electrons. The Hall–Kier alpha value is -2.78. The van der Waals surface area contributed by atoms with Gasteiger partial charge in [-0.15, -0.1) is 0 Å². The molecule has 1 saturated heterocycles. The third kappa shape index (κ3) is 4.86. The van der Waals surface area contributed by atoms with E-state index in [9.17, 15) is 13.2 Å². The van der Waals surface area contributed by atoms with Crippen molar-refractivity contribution in [3.63, 3.8) is 0 Å². The van der Waals surface area contributed by atoms with E-state index in [0.29, 0.717) is 22.4 Å². The van der Waals surface area contributed by atoms with E-state index in [2.05, 4.69) is 15.6 Å². The van der Waals surface area contributed by atoms with Crippen molar-refractivity contribution in [3.8, 4) is 0 Å². The molecule has 2 fully saturated rings. The van der Waals surface area contributed by atoms with Gasteiger partial charge in [-0.3, -0.25) is 9.78 Å². The first-order valence-corrected chi connectivity index (χ1v) is 13.0.